The number of benzene rings is 2. The zero-order chi connectivity index (χ0) is 28.8. The summed E-state index contributed by atoms with van der Waals surface area (Å²) in [5.41, 5.74) is 7.09. The fourth-order valence-corrected chi connectivity index (χ4v) is 4.14. The lowest BCUT2D eigenvalue weighted by molar-refractivity contribution is -0.159. The highest BCUT2D eigenvalue weighted by molar-refractivity contribution is 6.30. The van der Waals surface area contributed by atoms with Crippen LogP contribution in [-0.2, 0) is 23.8 Å². The average molecular weight is 539 g/mol. The predicted octanol–water partition coefficient (Wildman–Crippen LogP) is 7.68. The van der Waals surface area contributed by atoms with Crippen LogP contribution in [0.2, 0.25) is 5.02 Å². The third-order valence-electron chi connectivity index (χ3n) is 6.26. The van der Waals surface area contributed by atoms with E-state index in [2.05, 4.69) is 38.6 Å². The van der Waals surface area contributed by atoms with Gasteiger partial charge in [0.1, 0.15) is 6.61 Å². The van der Waals surface area contributed by atoms with Gasteiger partial charge in [0, 0.05) is 17.5 Å². The Morgan fingerprint density at radius 1 is 0.947 bits per heavy atom. The monoisotopic (exact) mass is 538 g/mol. The van der Waals surface area contributed by atoms with Gasteiger partial charge in [-0.3, -0.25) is 4.79 Å². The van der Waals surface area contributed by atoms with Crippen molar-refractivity contribution >= 4 is 34.7 Å². The first kappa shape index (κ1) is 31.1. The highest BCUT2D eigenvalue weighted by atomic mass is 35.5. The van der Waals surface area contributed by atoms with E-state index in [1.165, 1.54) is 25.2 Å². The molecule has 204 valence electrons. The summed E-state index contributed by atoms with van der Waals surface area (Å²) in [6.07, 6.45) is -1.13. The number of carbonyl (C=O) groups is 2. The van der Waals surface area contributed by atoms with Crippen LogP contribution in [0, 0.1) is 13.8 Å². The summed E-state index contributed by atoms with van der Waals surface area (Å²) in [5, 5.41) is 0.580. The lowest BCUT2D eigenvalue weighted by Crippen LogP contribution is -2.37. The summed E-state index contributed by atoms with van der Waals surface area (Å²) in [4.78, 5) is 24.9. The largest absolute Gasteiger partial charge is 0.467 e. The van der Waals surface area contributed by atoms with Crippen LogP contribution in [0.1, 0.15) is 63.8 Å². The van der Waals surface area contributed by atoms with Gasteiger partial charge in [0.15, 0.2) is 6.10 Å². The Morgan fingerprint density at radius 3 is 2.03 bits per heavy atom. The molecule has 0 aromatic heterocycles. The van der Waals surface area contributed by atoms with Gasteiger partial charge in [-0.25, -0.2) is 4.79 Å². The average Bonchev–Trinajstić information content (AvgIpc) is 2.85. The summed E-state index contributed by atoms with van der Waals surface area (Å²) in [6, 6.07) is 13.7. The zero-order valence-electron chi connectivity index (χ0n) is 24.0. The summed E-state index contributed by atoms with van der Waals surface area (Å²) in [7, 11) is 1.32. The van der Waals surface area contributed by atoms with Crippen LogP contribution in [-0.4, -0.2) is 37.4 Å². The lowest BCUT2D eigenvalue weighted by atomic mass is 9.84. The van der Waals surface area contributed by atoms with Crippen LogP contribution < -0.4 is 0 Å². The van der Waals surface area contributed by atoms with Gasteiger partial charge >= 0.3 is 11.9 Å². The molecule has 0 aliphatic rings. The molecule has 2 aromatic carbocycles. The first-order valence-electron chi connectivity index (χ1n) is 12.5. The molecular weight excluding hydrogens is 500 g/mol. The second-order valence-electron chi connectivity index (χ2n) is 10.4. The SMILES string of the molecule is C=C(COC(C)=O)/C(=C(\C(C)=C(/C)c1ccc(C)c(C)c1)c1ccc(Cl)cc1)[C@H](OC(C)(C)C)C(=O)OC. The third-order valence-corrected chi connectivity index (χ3v) is 6.51. The maximum Gasteiger partial charge on any atom is 0.339 e. The van der Waals surface area contributed by atoms with Crippen molar-refractivity contribution in [2.24, 2.45) is 0 Å². The molecule has 0 bridgehead atoms. The standard InChI is InChI=1S/C32H39ClO5/c1-19-11-12-26(17-20(19)2)22(4)23(5)29(25-13-15-27(33)16-14-25)28(21(3)18-37-24(6)34)30(31(35)36-10)38-32(7,8)9/h11-17,30H,3,18H2,1-2,4-10H3/b23-22+,29-28-/t30-/m0/s1. The van der Waals surface area contributed by atoms with Crippen molar-refractivity contribution in [3.8, 4) is 0 Å². The molecule has 0 radical (unpaired) electrons. The number of rotatable bonds is 9. The molecule has 0 saturated carbocycles. The lowest BCUT2D eigenvalue weighted by Gasteiger charge is -2.31. The van der Waals surface area contributed by atoms with Crippen LogP contribution in [0.5, 0.6) is 0 Å². The van der Waals surface area contributed by atoms with Gasteiger partial charge in [-0.1, -0.05) is 48.5 Å². The molecule has 0 spiro atoms. The van der Waals surface area contributed by atoms with Gasteiger partial charge < -0.3 is 14.2 Å². The smallest absolute Gasteiger partial charge is 0.339 e. The van der Waals surface area contributed by atoms with Crippen molar-refractivity contribution < 1.29 is 23.8 Å². The second kappa shape index (κ2) is 13.1. The van der Waals surface area contributed by atoms with Crippen LogP contribution in [0.15, 0.2) is 65.8 Å². The van der Waals surface area contributed by atoms with E-state index in [1.807, 2.05) is 46.8 Å². The molecule has 0 aliphatic carbocycles. The quantitative estimate of drug-likeness (QED) is 0.242. The number of methoxy groups -OCH3 is 1. The Labute approximate surface area is 232 Å². The summed E-state index contributed by atoms with van der Waals surface area (Å²) >= 11 is 6.23. The Hall–Kier alpha value is -3.15. The maximum absolute atomic E-state index is 13.2. The van der Waals surface area contributed by atoms with Crippen molar-refractivity contribution in [3.63, 3.8) is 0 Å². The molecule has 38 heavy (non-hydrogen) atoms. The topological polar surface area (TPSA) is 61.8 Å². The molecular formula is C32H39ClO5. The second-order valence-corrected chi connectivity index (χ2v) is 10.8. The number of aryl methyl sites for hydroxylation is 2. The van der Waals surface area contributed by atoms with Crippen LogP contribution in [0.4, 0.5) is 0 Å². The van der Waals surface area contributed by atoms with E-state index in [4.69, 9.17) is 25.8 Å². The molecule has 0 unspecified atom stereocenters. The highest BCUT2D eigenvalue weighted by Crippen LogP contribution is 2.38. The van der Waals surface area contributed by atoms with E-state index in [9.17, 15) is 9.59 Å². The van der Waals surface area contributed by atoms with E-state index >= 15 is 0 Å². The molecule has 0 fully saturated rings. The van der Waals surface area contributed by atoms with E-state index in [0.29, 0.717) is 16.2 Å². The van der Waals surface area contributed by atoms with Crippen LogP contribution in [0.3, 0.4) is 0 Å². The number of halogens is 1. The van der Waals surface area contributed by atoms with Gasteiger partial charge in [-0.15, -0.1) is 0 Å². The van der Waals surface area contributed by atoms with Gasteiger partial charge in [0.25, 0.3) is 0 Å². The minimum absolute atomic E-state index is 0.112. The molecule has 0 heterocycles. The van der Waals surface area contributed by atoms with E-state index in [1.54, 1.807) is 12.1 Å². The Morgan fingerprint density at radius 2 is 1.53 bits per heavy atom. The Bertz CT molecular complexity index is 1260. The van der Waals surface area contributed by atoms with Gasteiger partial charge in [-0.05, 0) is 105 Å². The van der Waals surface area contributed by atoms with Gasteiger partial charge in [-0.2, -0.15) is 0 Å². The van der Waals surface area contributed by atoms with E-state index in [-0.39, 0.29) is 6.61 Å². The molecule has 0 amide bonds. The van der Waals surface area contributed by atoms with Crippen LogP contribution in [0.25, 0.3) is 11.1 Å². The molecule has 1 atom stereocenters. The van der Waals surface area contributed by atoms with E-state index < -0.39 is 23.6 Å². The number of esters is 2. The fourth-order valence-electron chi connectivity index (χ4n) is 4.01. The molecule has 0 N–H and O–H groups in total. The van der Waals surface area contributed by atoms with Crippen molar-refractivity contribution in [3.05, 3.63) is 93.0 Å². The number of carbonyl (C=O) groups excluding carboxylic acids is 2. The van der Waals surface area contributed by atoms with E-state index in [0.717, 1.165) is 27.8 Å². The zero-order valence-corrected chi connectivity index (χ0v) is 24.7. The maximum atomic E-state index is 13.2. The van der Waals surface area contributed by atoms with Crippen molar-refractivity contribution in [1.29, 1.82) is 0 Å². The van der Waals surface area contributed by atoms with Crippen molar-refractivity contribution in [2.75, 3.05) is 13.7 Å². The first-order chi connectivity index (χ1) is 17.7. The molecule has 0 saturated heterocycles. The van der Waals surface area contributed by atoms with Crippen molar-refractivity contribution in [1.82, 2.24) is 0 Å². The number of allylic oxidation sites excluding steroid dienone is 3. The fraction of sp³-hybridized carbons (Fsp3) is 0.375. The molecule has 0 aliphatic heterocycles. The molecule has 6 heteroatoms. The highest BCUT2D eigenvalue weighted by Gasteiger charge is 2.34. The molecule has 2 rings (SSSR count). The van der Waals surface area contributed by atoms with Gasteiger partial charge in [0.05, 0.1) is 12.7 Å². The van der Waals surface area contributed by atoms with Gasteiger partial charge in [0.2, 0.25) is 0 Å². The number of ether oxygens (including phenoxy) is 3. The minimum Gasteiger partial charge on any atom is -0.467 e. The Kier molecular flexibility index (Phi) is 10.7. The summed E-state index contributed by atoms with van der Waals surface area (Å²) in [5.74, 6) is -1.04. The summed E-state index contributed by atoms with van der Waals surface area (Å²) < 4.78 is 16.8. The molecule has 2 aromatic rings. The predicted molar refractivity (Wildman–Crippen MR) is 155 cm³/mol. The number of hydrogen-bond acceptors (Lipinski definition) is 5. The minimum atomic E-state index is -1.13. The van der Waals surface area contributed by atoms with Crippen molar-refractivity contribution in [2.45, 2.75) is 67.1 Å². The normalized spacial score (nSPS) is 13.7. The third kappa shape index (κ3) is 8.17. The summed E-state index contributed by atoms with van der Waals surface area (Å²) in [6.45, 7) is 19.2. The first-order valence-corrected chi connectivity index (χ1v) is 12.9. The number of hydrogen-bond donors (Lipinski definition) is 0. The molecule has 5 nitrogen and oxygen atoms in total. The van der Waals surface area contributed by atoms with Crippen LogP contribution >= 0.6 is 11.6 Å². The Balaban J connectivity index is 3.02.